The second kappa shape index (κ2) is 8.07. The average molecular weight is 368 g/mol. The Labute approximate surface area is 158 Å². The van der Waals surface area contributed by atoms with Crippen molar-refractivity contribution in [3.63, 3.8) is 0 Å². The summed E-state index contributed by atoms with van der Waals surface area (Å²) in [6, 6.07) is 10.8. The summed E-state index contributed by atoms with van der Waals surface area (Å²) in [5, 5.41) is 0. The van der Waals surface area contributed by atoms with E-state index in [-0.39, 0.29) is 17.7 Å². The van der Waals surface area contributed by atoms with Gasteiger partial charge in [0.15, 0.2) is 0 Å². The number of piperidine rings is 1. The second-order valence-corrected chi connectivity index (χ2v) is 6.82. The molecule has 1 aromatic carbocycles. The predicted molar refractivity (Wildman–Crippen MR) is 103 cm³/mol. The molecule has 1 aromatic heterocycles. The van der Waals surface area contributed by atoms with Gasteiger partial charge in [-0.05, 0) is 43.2 Å². The maximum atomic E-state index is 12.8. The summed E-state index contributed by atoms with van der Waals surface area (Å²) in [6.07, 6.45) is 3.07. The lowest BCUT2D eigenvalue weighted by Crippen LogP contribution is -2.44. The van der Waals surface area contributed by atoms with Gasteiger partial charge in [-0.25, -0.2) is 0 Å². The van der Waals surface area contributed by atoms with Crippen molar-refractivity contribution >= 4 is 17.5 Å². The summed E-state index contributed by atoms with van der Waals surface area (Å²) in [7, 11) is 3.93. The second-order valence-electron chi connectivity index (χ2n) is 6.82. The lowest BCUT2D eigenvalue weighted by Gasteiger charge is -2.33. The van der Waals surface area contributed by atoms with Crippen LogP contribution in [0.15, 0.2) is 42.6 Å². The number of nitrogens with zero attached hydrogens (tertiary/aromatic N) is 3. The summed E-state index contributed by atoms with van der Waals surface area (Å²) in [5.41, 5.74) is 7.14. The number of pyridine rings is 1. The van der Waals surface area contributed by atoms with E-state index in [0.717, 1.165) is 18.5 Å². The van der Waals surface area contributed by atoms with Crippen molar-refractivity contribution < 1.29 is 14.3 Å². The average Bonchev–Trinajstić information content (AvgIpc) is 2.68. The molecule has 1 atom stereocenters. The van der Waals surface area contributed by atoms with Crippen molar-refractivity contribution in [3.8, 4) is 5.75 Å². The van der Waals surface area contributed by atoms with Crippen molar-refractivity contribution in [2.45, 2.75) is 18.9 Å². The van der Waals surface area contributed by atoms with Gasteiger partial charge in [-0.3, -0.25) is 14.6 Å². The highest BCUT2D eigenvalue weighted by atomic mass is 16.5. The van der Waals surface area contributed by atoms with Crippen LogP contribution in [0, 0.1) is 0 Å². The molecular formula is C20H24N4O3. The molecule has 0 spiro atoms. The number of benzene rings is 1. The summed E-state index contributed by atoms with van der Waals surface area (Å²) in [4.78, 5) is 31.8. The number of hydrogen-bond donors (Lipinski definition) is 1. The van der Waals surface area contributed by atoms with Crippen molar-refractivity contribution in [1.29, 1.82) is 0 Å². The number of anilines is 1. The minimum atomic E-state index is -0.595. The number of carbonyl (C=O) groups excluding carboxylic acids is 2. The number of nitrogens with two attached hydrogens (primary N) is 1. The molecule has 1 unspecified atom stereocenters. The number of amides is 2. The smallest absolute Gasteiger partial charge is 0.267 e. The van der Waals surface area contributed by atoms with E-state index in [1.165, 1.54) is 12.3 Å². The van der Waals surface area contributed by atoms with E-state index in [2.05, 4.69) is 4.98 Å². The molecule has 0 saturated carbocycles. The Balaban J connectivity index is 1.66. The van der Waals surface area contributed by atoms with Crippen molar-refractivity contribution in [2.75, 3.05) is 32.1 Å². The van der Waals surface area contributed by atoms with E-state index in [1.54, 1.807) is 6.07 Å². The molecule has 2 amide bonds. The van der Waals surface area contributed by atoms with Gasteiger partial charge in [-0.15, -0.1) is 0 Å². The van der Waals surface area contributed by atoms with Crippen molar-refractivity contribution in [1.82, 2.24) is 9.88 Å². The van der Waals surface area contributed by atoms with Crippen LogP contribution >= 0.6 is 0 Å². The van der Waals surface area contributed by atoms with Crippen LogP contribution in [0.1, 0.15) is 33.7 Å². The Hall–Kier alpha value is -3.09. The van der Waals surface area contributed by atoms with E-state index in [0.29, 0.717) is 24.4 Å². The third-order valence-electron chi connectivity index (χ3n) is 4.58. The van der Waals surface area contributed by atoms with Gasteiger partial charge in [0.2, 0.25) is 0 Å². The third kappa shape index (κ3) is 4.55. The number of carbonyl (C=O) groups is 2. The van der Waals surface area contributed by atoms with Crippen LogP contribution in [0.4, 0.5) is 5.69 Å². The van der Waals surface area contributed by atoms with Crippen LogP contribution in [0.2, 0.25) is 0 Å². The Morgan fingerprint density at radius 3 is 2.63 bits per heavy atom. The molecule has 1 aliphatic heterocycles. The van der Waals surface area contributed by atoms with E-state index in [9.17, 15) is 9.59 Å². The first-order valence-corrected chi connectivity index (χ1v) is 8.93. The molecule has 2 N–H and O–H groups in total. The molecule has 0 bridgehead atoms. The van der Waals surface area contributed by atoms with Crippen LogP contribution in [0.5, 0.6) is 5.75 Å². The van der Waals surface area contributed by atoms with Gasteiger partial charge in [-0.1, -0.05) is 0 Å². The first-order chi connectivity index (χ1) is 12.9. The number of aromatic nitrogens is 1. The Kier molecular flexibility index (Phi) is 5.59. The minimum absolute atomic E-state index is 0.00107. The Morgan fingerprint density at radius 1 is 1.22 bits per heavy atom. The highest BCUT2D eigenvalue weighted by Gasteiger charge is 2.26. The normalized spacial score (nSPS) is 16.7. The monoisotopic (exact) mass is 368 g/mol. The van der Waals surface area contributed by atoms with Crippen LogP contribution in [-0.4, -0.2) is 55.0 Å². The van der Waals surface area contributed by atoms with Crippen LogP contribution in [0.25, 0.3) is 0 Å². The zero-order valence-electron chi connectivity index (χ0n) is 15.6. The maximum Gasteiger partial charge on any atom is 0.267 e. The quantitative estimate of drug-likeness (QED) is 0.871. The largest absolute Gasteiger partial charge is 0.488 e. The zero-order valence-corrected chi connectivity index (χ0v) is 15.6. The molecule has 27 heavy (non-hydrogen) atoms. The molecule has 2 heterocycles. The number of hydrogen-bond acceptors (Lipinski definition) is 5. The van der Waals surface area contributed by atoms with Crippen molar-refractivity contribution in [3.05, 3.63) is 53.9 Å². The summed E-state index contributed by atoms with van der Waals surface area (Å²) in [6.45, 7) is 1.21. The third-order valence-corrected chi connectivity index (χ3v) is 4.58. The number of likely N-dealkylation sites (tertiary alicyclic amines) is 1. The summed E-state index contributed by atoms with van der Waals surface area (Å²) >= 11 is 0. The van der Waals surface area contributed by atoms with Gasteiger partial charge in [0.25, 0.3) is 11.8 Å². The molecule has 1 fully saturated rings. The summed E-state index contributed by atoms with van der Waals surface area (Å²) in [5.74, 6) is -0.0586. The number of primary amides is 1. The van der Waals surface area contributed by atoms with Gasteiger partial charge in [-0.2, -0.15) is 0 Å². The number of rotatable bonds is 5. The first-order valence-electron chi connectivity index (χ1n) is 8.93. The van der Waals surface area contributed by atoms with Crippen LogP contribution in [-0.2, 0) is 0 Å². The van der Waals surface area contributed by atoms with Gasteiger partial charge >= 0.3 is 0 Å². The van der Waals surface area contributed by atoms with E-state index in [4.69, 9.17) is 10.5 Å². The highest BCUT2D eigenvalue weighted by Crippen LogP contribution is 2.21. The fourth-order valence-corrected chi connectivity index (χ4v) is 3.12. The standard InChI is InChI=1S/C20H24N4O3/c1-23(2)15-7-5-14(6-8-15)20(26)24-11-3-4-17(13-24)27-16-9-10-22-18(12-16)19(21)25/h5-10,12,17H,3-4,11,13H2,1-2H3,(H2,21,25). The fraction of sp³-hybridized carbons (Fsp3) is 0.350. The minimum Gasteiger partial charge on any atom is -0.488 e. The zero-order chi connectivity index (χ0) is 19.4. The highest BCUT2D eigenvalue weighted by molar-refractivity contribution is 5.94. The lowest BCUT2D eigenvalue weighted by molar-refractivity contribution is 0.0537. The molecule has 7 heteroatoms. The fourth-order valence-electron chi connectivity index (χ4n) is 3.12. The molecule has 0 aliphatic carbocycles. The predicted octanol–water partition coefficient (Wildman–Crippen LogP) is 1.93. The van der Waals surface area contributed by atoms with Crippen LogP contribution in [0.3, 0.4) is 0 Å². The molecule has 142 valence electrons. The Bertz CT molecular complexity index is 820. The lowest BCUT2D eigenvalue weighted by atomic mass is 10.1. The molecule has 1 saturated heterocycles. The molecule has 7 nitrogen and oxygen atoms in total. The maximum absolute atomic E-state index is 12.8. The molecular weight excluding hydrogens is 344 g/mol. The van der Waals surface area contributed by atoms with Gasteiger partial charge < -0.3 is 20.3 Å². The Morgan fingerprint density at radius 2 is 1.96 bits per heavy atom. The molecule has 1 aliphatic rings. The van der Waals surface area contributed by atoms with Gasteiger partial charge in [0, 0.05) is 44.2 Å². The van der Waals surface area contributed by atoms with Crippen LogP contribution < -0.4 is 15.4 Å². The van der Waals surface area contributed by atoms with Crippen molar-refractivity contribution in [2.24, 2.45) is 5.73 Å². The molecule has 0 radical (unpaired) electrons. The van der Waals surface area contributed by atoms with Gasteiger partial charge in [0.05, 0.1) is 6.54 Å². The first kappa shape index (κ1) is 18.7. The van der Waals surface area contributed by atoms with E-state index in [1.807, 2.05) is 48.2 Å². The topological polar surface area (TPSA) is 88.8 Å². The van der Waals surface area contributed by atoms with Gasteiger partial charge in [0.1, 0.15) is 17.5 Å². The number of ether oxygens (including phenoxy) is 1. The molecule has 2 aromatic rings. The molecule has 3 rings (SSSR count). The van der Waals surface area contributed by atoms with E-state index >= 15 is 0 Å². The summed E-state index contributed by atoms with van der Waals surface area (Å²) < 4.78 is 5.96. The van der Waals surface area contributed by atoms with E-state index < -0.39 is 5.91 Å². The SMILES string of the molecule is CN(C)c1ccc(C(=O)N2CCCC(Oc3ccnc(C(N)=O)c3)C2)cc1.